The zero-order chi connectivity index (χ0) is 14.0. The van der Waals surface area contributed by atoms with Crippen LogP contribution in [-0.2, 0) is 19.9 Å². The summed E-state index contributed by atoms with van der Waals surface area (Å²) >= 11 is 6.11. The first-order valence-electron chi connectivity index (χ1n) is 6.08. The molecule has 0 aliphatic rings. The van der Waals surface area contributed by atoms with E-state index in [1.54, 1.807) is 29.9 Å². The highest BCUT2D eigenvalue weighted by atomic mass is 35.5. The third kappa shape index (κ3) is 3.14. The van der Waals surface area contributed by atoms with Crippen LogP contribution in [0.15, 0.2) is 24.3 Å². The first-order chi connectivity index (χ1) is 8.99. The Bertz CT molecular complexity index is 583. The average Bonchev–Trinajstić information content (AvgIpc) is 2.59. The molecule has 0 saturated carbocycles. The SMILES string of the molecule is Cc1nn(C)c(Cl)c1CC(O)Cc1ccccc1F. The van der Waals surface area contributed by atoms with E-state index in [1.165, 1.54) is 6.07 Å². The highest BCUT2D eigenvalue weighted by Gasteiger charge is 2.16. The minimum Gasteiger partial charge on any atom is -0.392 e. The van der Waals surface area contributed by atoms with Crippen molar-refractivity contribution in [1.82, 2.24) is 9.78 Å². The van der Waals surface area contributed by atoms with E-state index in [9.17, 15) is 9.50 Å². The number of hydrogen-bond acceptors (Lipinski definition) is 2. The zero-order valence-electron chi connectivity index (χ0n) is 10.9. The number of halogens is 2. The van der Waals surface area contributed by atoms with Gasteiger partial charge in [-0.05, 0) is 18.6 Å². The van der Waals surface area contributed by atoms with Crippen molar-refractivity contribution in [2.75, 3.05) is 0 Å². The van der Waals surface area contributed by atoms with Crippen LogP contribution in [0.4, 0.5) is 4.39 Å². The minimum atomic E-state index is -0.683. The van der Waals surface area contributed by atoms with Gasteiger partial charge in [0.1, 0.15) is 11.0 Å². The highest BCUT2D eigenvalue weighted by molar-refractivity contribution is 6.30. The summed E-state index contributed by atoms with van der Waals surface area (Å²) in [4.78, 5) is 0. The minimum absolute atomic E-state index is 0.261. The number of aliphatic hydroxyl groups excluding tert-OH is 1. The van der Waals surface area contributed by atoms with Crippen molar-refractivity contribution in [1.29, 1.82) is 0 Å². The summed E-state index contributed by atoms with van der Waals surface area (Å²) in [6.45, 7) is 1.84. The molecule has 3 nitrogen and oxygen atoms in total. The van der Waals surface area contributed by atoms with Crippen molar-refractivity contribution in [2.24, 2.45) is 7.05 Å². The Kier molecular flexibility index (Phi) is 4.22. The molecule has 0 bridgehead atoms. The van der Waals surface area contributed by atoms with Crippen LogP contribution in [0.5, 0.6) is 0 Å². The molecular weight excluding hydrogens is 267 g/mol. The molecule has 0 fully saturated rings. The van der Waals surface area contributed by atoms with Crippen LogP contribution in [-0.4, -0.2) is 21.0 Å². The lowest BCUT2D eigenvalue weighted by Gasteiger charge is -2.11. The number of benzene rings is 1. The van der Waals surface area contributed by atoms with Crippen molar-refractivity contribution >= 4 is 11.6 Å². The van der Waals surface area contributed by atoms with Gasteiger partial charge < -0.3 is 5.11 Å². The summed E-state index contributed by atoms with van der Waals surface area (Å²) in [7, 11) is 1.75. The number of nitrogens with zero attached hydrogens (tertiary/aromatic N) is 2. The molecule has 1 heterocycles. The molecule has 2 rings (SSSR count). The molecule has 1 aromatic carbocycles. The van der Waals surface area contributed by atoms with Crippen molar-refractivity contribution in [3.8, 4) is 0 Å². The number of hydrogen-bond donors (Lipinski definition) is 1. The fourth-order valence-corrected chi connectivity index (χ4v) is 2.38. The fraction of sp³-hybridized carbons (Fsp3) is 0.357. The van der Waals surface area contributed by atoms with Gasteiger partial charge in [-0.1, -0.05) is 29.8 Å². The van der Waals surface area contributed by atoms with Crippen molar-refractivity contribution in [3.63, 3.8) is 0 Å². The Hall–Kier alpha value is -1.39. The maximum atomic E-state index is 13.5. The van der Waals surface area contributed by atoms with Crippen molar-refractivity contribution < 1.29 is 9.50 Å². The van der Waals surface area contributed by atoms with E-state index in [0.29, 0.717) is 17.1 Å². The van der Waals surface area contributed by atoms with Crippen LogP contribution in [0.2, 0.25) is 5.15 Å². The lowest BCUT2D eigenvalue weighted by atomic mass is 10.0. The van der Waals surface area contributed by atoms with Gasteiger partial charge >= 0.3 is 0 Å². The zero-order valence-corrected chi connectivity index (χ0v) is 11.7. The Balaban J connectivity index is 2.10. The molecule has 0 aliphatic heterocycles. The lowest BCUT2D eigenvalue weighted by molar-refractivity contribution is 0.174. The van der Waals surface area contributed by atoms with E-state index in [4.69, 9.17) is 11.6 Å². The molecule has 2 aromatic rings. The molecule has 0 aliphatic carbocycles. The summed E-state index contributed by atoms with van der Waals surface area (Å²) < 4.78 is 15.1. The number of aryl methyl sites for hydroxylation is 2. The van der Waals surface area contributed by atoms with Crippen molar-refractivity contribution in [2.45, 2.75) is 25.9 Å². The normalized spacial score (nSPS) is 12.7. The van der Waals surface area contributed by atoms with Crippen LogP contribution in [0.1, 0.15) is 16.8 Å². The smallest absolute Gasteiger partial charge is 0.130 e. The van der Waals surface area contributed by atoms with Crippen LogP contribution in [0.25, 0.3) is 0 Å². The summed E-state index contributed by atoms with van der Waals surface area (Å²) in [5.41, 5.74) is 2.11. The molecule has 1 aromatic heterocycles. The summed E-state index contributed by atoms with van der Waals surface area (Å²) in [6.07, 6.45) is -0.0539. The van der Waals surface area contributed by atoms with E-state index in [-0.39, 0.29) is 12.2 Å². The van der Waals surface area contributed by atoms with Crippen LogP contribution < -0.4 is 0 Å². The third-order valence-electron chi connectivity index (χ3n) is 3.12. The number of aliphatic hydroxyl groups is 1. The van der Waals surface area contributed by atoms with Crippen LogP contribution in [0.3, 0.4) is 0 Å². The van der Waals surface area contributed by atoms with Crippen molar-refractivity contribution in [3.05, 3.63) is 52.1 Å². The second kappa shape index (κ2) is 5.72. The Labute approximate surface area is 116 Å². The molecule has 1 unspecified atom stereocenters. The molecule has 5 heteroatoms. The van der Waals surface area contributed by atoms with Gasteiger partial charge in [-0.2, -0.15) is 5.10 Å². The molecule has 1 atom stereocenters. The maximum absolute atomic E-state index is 13.5. The summed E-state index contributed by atoms with van der Waals surface area (Å²) in [6, 6.07) is 6.46. The molecule has 102 valence electrons. The Morgan fingerprint density at radius 3 is 2.63 bits per heavy atom. The van der Waals surface area contributed by atoms with Gasteiger partial charge in [0.2, 0.25) is 0 Å². The van der Waals surface area contributed by atoms with Gasteiger partial charge in [0.05, 0.1) is 11.8 Å². The average molecular weight is 283 g/mol. The fourth-order valence-electron chi connectivity index (χ4n) is 2.13. The molecule has 0 saturated heterocycles. The first kappa shape index (κ1) is 14.0. The maximum Gasteiger partial charge on any atom is 0.130 e. The molecule has 0 amide bonds. The molecule has 1 N–H and O–H groups in total. The van der Waals surface area contributed by atoms with E-state index in [1.807, 2.05) is 6.92 Å². The standard InChI is InChI=1S/C14H16ClFN2O/c1-9-12(14(15)18(2)17-9)8-11(19)7-10-5-3-4-6-13(10)16/h3-6,11,19H,7-8H2,1-2H3. The van der Waals surface area contributed by atoms with E-state index < -0.39 is 6.10 Å². The third-order valence-corrected chi connectivity index (χ3v) is 3.60. The lowest BCUT2D eigenvalue weighted by Crippen LogP contribution is -2.15. The molecule has 0 spiro atoms. The quantitative estimate of drug-likeness (QED) is 0.936. The van der Waals surface area contributed by atoms with E-state index >= 15 is 0 Å². The first-order valence-corrected chi connectivity index (χ1v) is 6.46. The molecule has 19 heavy (non-hydrogen) atoms. The Morgan fingerprint density at radius 1 is 1.37 bits per heavy atom. The van der Waals surface area contributed by atoms with Gasteiger partial charge in [0, 0.05) is 25.5 Å². The molecule has 0 radical (unpaired) electrons. The predicted molar refractivity (Wildman–Crippen MR) is 72.8 cm³/mol. The van der Waals surface area contributed by atoms with Gasteiger partial charge in [-0.15, -0.1) is 0 Å². The second-order valence-corrected chi connectivity index (χ2v) is 4.99. The predicted octanol–water partition coefficient (Wildman–Crippen LogP) is 2.67. The van der Waals surface area contributed by atoms with Gasteiger partial charge in [-0.25, -0.2) is 4.39 Å². The number of rotatable bonds is 4. The monoisotopic (exact) mass is 282 g/mol. The Morgan fingerprint density at radius 2 is 2.05 bits per heavy atom. The van der Waals surface area contributed by atoms with E-state index in [0.717, 1.165) is 11.3 Å². The van der Waals surface area contributed by atoms with Crippen LogP contribution >= 0.6 is 11.6 Å². The topological polar surface area (TPSA) is 38.0 Å². The van der Waals surface area contributed by atoms with Gasteiger partial charge in [-0.3, -0.25) is 4.68 Å². The summed E-state index contributed by atoms with van der Waals surface area (Å²) in [5, 5.41) is 14.8. The summed E-state index contributed by atoms with van der Waals surface area (Å²) in [5.74, 6) is -0.296. The van der Waals surface area contributed by atoms with E-state index in [2.05, 4.69) is 5.10 Å². The van der Waals surface area contributed by atoms with Gasteiger partial charge in [0.25, 0.3) is 0 Å². The second-order valence-electron chi connectivity index (χ2n) is 4.63. The van der Waals surface area contributed by atoms with Gasteiger partial charge in [0.15, 0.2) is 0 Å². The largest absolute Gasteiger partial charge is 0.392 e. The number of aromatic nitrogens is 2. The molecular formula is C14H16ClFN2O. The highest BCUT2D eigenvalue weighted by Crippen LogP contribution is 2.21. The van der Waals surface area contributed by atoms with Crippen LogP contribution in [0, 0.1) is 12.7 Å².